The Balaban J connectivity index is 2.05. The summed E-state index contributed by atoms with van der Waals surface area (Å²) >= 11 is 12.2. The van der Waals surface area contributed by atoms with Gasteiger partial charge in [0.2, 0.25) is 0 Å². The average Bonchev–Trinajstić information content (AvgIpc) is 2.97. The minimum atomic E-state index is 0.00733. The summed E-state index contributed by atoms with van der Waals surface area (Å²) < 4.78 is 5.67. The molecule has 0 aliphatic carbocycles. The molecule has 1 aromatic rings. The SMILES string of the molecule is CCNCc1cc(Cl)cc(Cl)c1OCC(=O)N1CCCC1. The molecule has 1 aliphatic rings. The summed E-state index contributed by atoms with van der Waals surface area (Å²) in [5.74, 6) is 0.544. The van der Waals surface area contributed by atoms with Crippen LogP contribution in [0.25, 0.3) is 0 Å². The minimum Gasteiger partial charge on any atom is -0.482 e. The zero-order chi connectivity index (χ0) is 15.2. The molecule has 116 valence electrons. The normalized spacial score (nSPS) is 14.5. The van der Waals surface area contributed by atoms with Crippen LogP contribution in [0.1, 0.15) is 25.3 Å². The van der Waals surface area contributed by atoms with Gasteiger partial charge in [0.15, 0.2) is 6.61 Å². The highest BCUT2D eigenvalue weighted by molar-refractivity contribution is 6.35. The van der Waals surface area contributed by atoms with Crippen LogP contribution in [0.3, 0.4) is 0 Å². The first-order valence-corrected chi connectivity index (χ1v) is 7.96. The van der Waals surface area contributed by atoms with Gasteiger partial charge in [0.25, 0.3) is 5.91 Å². The first kappa shape index (κ1) is 16.4. The van der Waals surface area contributed by atoms with E-state index in [2.05, 4.69) is 5.32 Å². The molecule has 1 saturated heterocycles. The molecule has 1 aliphatic heterocycles. The average molecular weight is 331 g/mol. The van der Waals surface area contributed by atoms with Crippen molar-refractivity contribution in [2.75, 3.05) is 26.2 Å². The van der Waals surface area contributed by atoms with E-state index in [0.717, 1.165) is 38.0 Å². The largest absolute Gasteiger partial charge is 0.482 e. The Labute approximate surface area is 135 Å². The van der Waals surface area contributed by atoms with Crippen molar-refractivity contribution in [2.24, 2.45) is 0 Å². The number of benzene rings is 1. The van der Waals surface area contributed by atoms with E-state index in [-0.39, 0.29) is 12.5 Å². The second kappa shape index (κ2) is 7.87. The lowest BCUT2D eigenvalue weighted by Crippen LogP contribution is -2.32. The number of nitrogens with zero attached hydrogens (tertiary/aromatic N) is 1. The second-order valence-corrected chi connectivity index (χ2v) is 5.88. The van der Waals surface area contributed by atoms with Gasteiger partial charge in [0.05, 0.1) is 5.02 Å². The summed E-state index contributed by atoms with van der Waals surface area (Å²) in [6, 6.07) is 3.44. The number of halogens is 2. The van der Waals surface area contributed by atoms with Gasteiger partial charge in [-0.25, -0.2) is 0 Å². The molecule has 0 bridgehead atoms. The smallest absolute Gasteiger partial charge is 0.260 e. The number of amides is 1. The molecule has 0 radical (unpaired) electrons. The van der Waals surface area contributed by atoms with Crippen LogP contribution in [0, 0.1) is 0 Å². The highest BCUT2D eigenvalue weighted by atomic mass is 35.5. The summed E-state index contributed by atoms with van der Waals surface area (Å²) in [7, 11) is 0. The molecule has 0 atom stereocenters. The zero-order valence-corrected chi connectivity index (χ0v) is 13.6. The monoisotopic (exact) mass is 330 g/mol. The molecule has 0 saturated carbocycles. The third-order valence-corrected chi connectivity index (χ3v) is 3.95. The van der Waals surface area contributed by atoms with Gasteiger partial charge in [0, 0.05) is 30.2 Å². The number of ether oxygens (including phenoxy) is 1. The molecule has 4 nitrogen and oxygen atoms in total. The fourth-order valence-corrected chi connectivity index (χ4v) is 2.95. The highest BCUT2D eigenvalue weighted by Gasteiger charge is 2.19. The predicted molar refractivity (Wildman–Crippen MR) is 85.2 cm³/mol. The number of likely N-dealkylation sites (tertiary alicyclic amines) is 1. The van der Waals surface area contributed by atoms with Crippen molar-refractivity contribution in [3.05, 3.63) is 27.7 Å². The van der Waals surface area contributed by atoms with Gasteiger partial charge < -0.3 is 15.0 Å². The molecule has 1 N–H and O–H groups in total. The summed E-state index contributed by atoms with van der Waals surface area (Å²) in [5, 5.41) is 4.21. The summed E-state index contributed by atoms with van der Waals surface area (Å²) in [4.78, 5) is 13.9. The molecule has 1 heterocycles. The van der Waals surface area contributed by atoms with Crippen LogP contribution < -0.4 is 10.1 Å². The number of nitrogens with one attached hydrogen (secondary N) is 1. The van der Waals surface area contributed by atoms with Crippen molar-refractivity contribution in [2.45, 2.75) is 26.3 Å². The quantitative estimate of drug-likeness (QED) is 0.871. The van der Waals surface area contributed by atoms with E-state index in [1.807, 2.05) is 17.9 Å². The standard InChI is InChI=1S/C15H20Cl2N2O2/c1-2-18-9-11-7-12(16)8-13(17)15(11)21-10-14(20)19-5-3-4-6-19/h7-8,18H,2-6,9-10H2,1H3. The maximum atomic E-state index is 12.0. The van der Waals surface area contributed by atoms with Crippen LogP contribution in [0.15, 0.2) is 12.1 Å². The third kappa shape index (κ3) is 4.50. The highest BCUT2D eigenvalue weighted by Crippen LogP contribution is 2.32. The van der Waals surface area contributed by atoms with E-state index < -0.39 is 0 Å². The summed E-state index contributed by atoms with van der Waals surface area (Å²) in [6.07, 6.45) is 2.14. The van der Waals surface area contributed by atoms with E-state index >= 15 is 0 Å². The Hall–Kier alpha value is -0.970. The third-order valence-electron chi connectivity index (χ3n) is 3.45. The lowest BCUT2D eigenvalue weighted by atomic mass is 10.2. The van der Waals surface area contributed by atoms with Gasteiger partial charge in [0.1, 0.15) is 5.75 Å². The van der Waals surface area contributed by atoms with Crippen molar-refractivity contribution in [3.8, 4) is 5.75 Å². The Morgan fingerprint density at radius 3 is 2.71 bits per heavy atom. The fraction of sp³-hybridized carbons (Fsp3) is 0.533. The van der Waals surface area contributed by atoms with Gasteiger partial charge in [-0.1, -0.05) is 30.1 Å². The van der Waals surface area contributed by atoms with Gasteiger partial charge in [-0.3, -0.25) is 4.79 Å². The van der Waals surface area contributed by atoms with Crippen molar-refractivity contribution in [3.63, 3.8) is 0 Å². The van der Waals surface area contributed by atoms with Gasteiger partial charge >= 0.3 is 0 Å². The first-order chi connectivity index (χ1) is 10.1. The molecule has 1 amide bonds. The molecular formula is C15H20Cl2N2O2. The van der Waals surface area contributed by atoms with Crippen molar-refractivity contribution in [1.29, 1.82) is 0 Å². The molecule has 1 aromatic carbocycles. The van der Waals surface area contributed by atoms with Crippen molar-refractivity contribution in [1.82, 2.24) is 10.2 Å². The van der Waals surface area contributed by atoms with Crippen LogP contribution in [0.5, 0.6) is 5.75 Å². The first-order valence-electron chi connectivity index (χ1n) is 7.21. The predicted octanol–water partition coefficient (Wildman–Crippen LogP) is 3.10. The van der Waals surface area contributed by atoms with Crippen molar-refractivity contribution >= 4 is 29.1 Å². The number of rotatable bonds is 6. The Kier molecular flexibility index (Phi) is 6.15. The van der Waals surface area contributed by atoms with Crippen molar-refractivity contribution < 1.29 is 9.53 Å². The number of hydrogen-bond donors (Lipinski definition) is 1. The van der Waals surface area contributed by atoms with Crippen LogP contribution in [-0.2, 0) is 11.3 Å². The molecular weight excluding hydrogens is 311 g/mol. The zero-order valence-electron chi connectivity index (χ0n) is 12.1. The molecule has 2 rings (SSSR count). The molecule has 0 spiro atoms. The van der Waals surface area contributed by atoms with Crippen LogP contribution in [0.4, 0.5) is 0 Å². The van der Waals surface area contributed by atoms with Crippen LogP contribution in [-0.4, -0.2) is 37.0 Å². The number of carbonyl (C=O) groups is 1. The van der Waals surface area contributed by atoms with E-state index in [1.54, 1.807) is 6.07 Å². The van der Waals surface area contributed by atoms with E-state index in [1.165, 1.54) is 0 Å². The second-order valence-electron chi connectivity index (χ2n) is 5.03. The Morgan fingerprint density at radius 1 is 1.33 bits per heavy atom. The van der Waals surface area contributed by atoms with Crippen LogP contribution in [0.2, 0.25) is 10.0 Å². The Bertz CT molecular complexity index is 503. The van der Waals surface area contributed by atoms with Crippen LogP contribution >= 0.6 is 23.2 Å². The van der Waals surface area contributed by atoms with Gasteiger partial charge in [-0.2, -0.15) is 0 Å². The van der Waals surface area contributed by atoms with Gasteiger partial charge in [-0.05, 0) is 31.5 Å². The maximum Gasteiger partial charge on any atom is 0.260 e. The fourth-order valence-electron chi connectivity index (χ4n) is 2.36. The molecule has 0 aromatic heterocycles. The summed E-state index contributed by atoms with van der Waals surface area (Å²) in [6.45, 7) is 5.10. The maximum absolute atomic E-state index is 12.0. The summed E-state index contributed by atoms with van der Waals surface area (Å²) in [5.41, 5.74) is 0.864. The van der Waals surface area contributed by atoms with E-state index in [4.69, 9.17) is 27.9 Å². The minimum absolute atomic E-state index is 0.00733. The molecule has 21 heavy (non-hydrogen) atoms. The van der Waals surface area contributed by atoms with E-state index in [0.29, 0.717) is 22.3 Å². The molecule has 6 heteroatoms. The number of carbonyl (C=O) groups excluding carboxylic acids is 1. The van der Waals surface area contributed by atoms with Gasteiger partial charge in [-0.15, -0.1) is 0 Å². The molecule has 1 fully saturated rings. The number of hydrogen-bond acceptors (Lipinski definition) is 3. The molecule has 0 unspecified atom stereocenters. The lowest BCUT2D eigenvalue weighted by Gasteiger charge is -2.18. The lowest BCUT2D eigenvalue weighted by molar-refractivity contribution is -0.132. The van der Waals surface area contributed by atoms with E-state index in [9.17, 15) is 4.79 Å². The Morgan fingerprint density at radius 2 is 2.05 bits per heavy atom. The topological polar surface area (TPSA) is 41.6 Å².